The minimum Gasteiger partial charge on any atom is -0.496 e. The fourth-order valence-corrected chi connectivity index (χ4v) is 6.19. The molecule has 0 spiro atoms. The lowest BCUT2D eigenvalue weighted by Crippen LogP contribution is -2.87. The van der Waals surface area contributed by atoms with E-state index in [-0.39, 0.29) is 6.04 Å². The lowest BCUT2D eigenvalue weighted by molar-refractivity contribution is -0.690. The van der Waals surface area contributed by atoms with Crippen molar-refractivity contribution in [1.82, 2.24) is 4.98 Å². The highest BCUT2D eigenvalue weighted by molar-refractivity contribution is 5.85. The van der Waals surface area contributed by atoms with Gasteiger partial charge in [0.1, 0.15) is 18.1 Å². The number of aromatic nitrogens is 1. The third kappa shape index (κ3) is 4.32. The summed E-state index contributed by atoms with van der Waals surface area (Å²) in [7, 11) is 1.75. The summed E-state index contributed by atoms with van der Waals surface area (Å²) in [5, 5.41) is 3.81. The van der Waals surface area contributed by atoms with E-state index in [4.69, 9.17) is 9.47 Å². The molecule has 0 unspecified atom stereocenters. The lowest BCUT2D eigenvalue weighted by Gasteiger charge is -2.25. The molecule has 6 rings (SSSR count). The Hall–Kier alpha value is -3.24. The molecular formula is C31H35N2O2+. The molecule has 0 radical (unpaired) electrons. The van der Waals surface area contributed by atoms with Gasteiger partial charge in [-0.3, -0.25) is 0 Å². The first kappa shape index (κ1) is 22.2. The zero-order chi connectivity index (χ0) is 23.6. The Morgan fingerprint density at radius 1 is 0.914 bits per heavy atom. The van der Waals surface area contributed by atoms with Gasteiger partial charge in [-0.2, -0.15) is 0 Å². The molecule has 0 saturated heterocycles. The molecule has 3 N–H and O–H groups in total. The molecule has 1 aliphatic heterocycles. The van der Waals surface area contributed by atoms with E-state index in [1.165, 1.54) is 65.4 Å². The highest BCUT2D eigenvalue weighted by atomic mass is 16.5. The molecule has 3 aromatic carbocycles. The third-order valence-corrected chi connectivity index (χ3v) is 7.97. The Labute approximate surface area is 207 Å². The second kappa shape index (κ2) is 9.79. The first-order chi connectivity index (χ1) is 17.3. The topological polar surface area (TPSA) is 50.9 Å². The molecule has 4 aromatic rings. The number of benzene rings is 3. The molecule has 2 heterocycles. The summed E-state index contributed by atoms with van der Waals surface area (Å²) in [6.07, 6.45) is 7.64. The molecule has 4 heteroatoms. The quantitative estimate of drug-likeness (QED) is 0.365. The molecule has 1 fully saturated rings. The van der Waals surface area contributed by atoms with Crippen LogP contribution in [0.2, 0.25) is 0 Å². The summed E-state index contributed by atoms with van der Waals surface area (Å²) >= 11 is 0. The summed E-state index contributed by atoms with van der Waals surface area (Å²) in [6.45, 7) is 1.60. The summed E-state index contributed by atoms with van der Waals surface area (Å²) in [4.78, 5) is 3.72. The van der Waals surface area contributed by atoms with Crippen molar-refractivity contribution in [3.8, 4) is 11.5 Å². The fraction of sp³-hybridized carbons (Fsp3) is 0.355. The van der Waals surface area contributed by atoms with E-state index < -0.39 is 0 Å². The maximum absolute atomic E-state index is 6.48. The number of quaternary nitrogens is 1. The largest absolute Gasteiger partial charge is 0.496 e. The number of rotatable bonds is 6. The maximum Gasteiger partial charge on any atom is 0.153 e. The van der Waals surface area contributed by atoms with Crippen LogP contribution < -0.4 is 14.8 Å². The Bertz CT molecular complexity index is 1320. The van der Waals surface area contributed by atoms with Crippen LogP contribution in [0.5, 0.6) is 11.5 Å². The highest BCUT2D eigenvalue weighted by Gasteiger charge is 2.29. The molecule has 0 amide bonds. The Morgan fingerprint density at radius 3 is 2.63 bits per heavy atom. The van der Waals surface area contributed by atoms with Crippen LogP contribution in [0.25, 0.3) is 10.9 Å². The van der Waals surface area contributed by atoms with E-state index in [0.29, 0.717) is 12.5 Å². The molecule has 4 nitrogen and oxygen atoms in total. The zero-order valence-corrected chi connectivity index (χ0v) is 20.6. The van der Waals surface area contributed by atoms with Gasteiger partial charge in [0.25, 0.3) is 0 Å². The van der Waals surface area contributed by atoms with Gasteiger partial charge >= 0.3 is 0 Å². The normalized spacial score (nSPS) is 18.4. The van der Waals surface area contributed by atoms with Crippen LogP contribution >= 0.6 is 0 Å². The third-order valence-electron chi connectivity index (χ3n) is 7.97. The van der Waals surface area contributed by atoms with Gasteiger partial charge in [-0.05, 0) is 60.2 Å². The SMILES string of the molecule is COc1ccc([C@H]2[NH2+]CCc3c2[nH]c2ccccc32)cc1COc1ccccc1C1CCCCC1. The number of nitrogens with two attached hydrogens (primary N) is 1. The average molecular weight is 468 g/mol. The minimum absolute atomic E-state index is 0.255. The van der Waals surface area contributed by atoms with E-state index in [9.17, 15) is 0 Å². The predicted octanol–water partition coefficient (Wildman–Crippen LogP) is 6.01. The van der Waals surface area contributed by atoms with E-state index in [1.54, 1.807) is 7.11 Å². The van der Waals surface area contributed by atoms with Crippen LogP contribution in [0.15, 0.2) is 66.7 Å². The van der Waals surface area contributed by atoms with Crippen molar-refractivity contribution >= 4 is 10.9 Å². The molecule has 35 heavy (non-hydrogen) atoms. The number of nitrogens with one attached hydrogen (secondary N) is 1. The minimum atomic E-state index is 0.255. The number of fused-ring (bicyclic) bond motifs is 3. The van der Waals surface area contributed by atoms with Crippen LogP contribution in [0.4, 0.5) is 0 Å². The van der Waals surface area contributed by atoms with Gasteiger partial charge in [0, 0.05) is 28.5 Å². The van der Waals surface area contributed by atoms with Crippen LogP contribution in [0.1, 0.15) is 72.0 Å². The van der Waals surface area contributed by atoms with Crippen molar-refractivity contribution in [3.05, 3.63) is 94.7 Å². The number of hydrogen-bond acceptors (Lipinski definition) is 2. The molecule has 2 aliphatic rings. The van der Waals surface area contributed by atoms with Crippen LogP contribution in [0.3, 0.4) is 0 Å². The molecule has 1 saturated carbocycles. The summed E-state index contributed by atoms with van der Waals surface area (Å²) in [6, 6.07) is 24.1. The van der Waals surface area contributed by atoms with Crippen LogP contribution in [-0.4, -0.2) is 18.6 Å². The first-order valence-electron chi connectivity index (χ1n) is 13.1. The van der Waals surface area contributed by atoms with E-state index in [0.717, 1.165) is 30.0 Å². The number of ether oxygens (including phenoxy) is 2. The van der Waals surface area contributed by atoms with Crippen molar-refractivity contribution in [1.29, 1.82) is 0 Å². The van der Waals surface area contributed by atoms with Gasteiger partial charge in [-0.1, -0.05) is 55.7 Å². The number of hydrogen-bond donors (Lipinski definition) is 2. The van der Waals surface area contributed by atoms with Crippen LogP contribution in [-0.2, 0) is 13.0 Å². The van der Waals surface area contributed by atoms with E-state index >= 15 is 0 Å². The molecule has 1 aliphatic carbocycles. The summed E-state index contributed by atoms with van der Waals surface area (Å²) in [5.41, 5.74) is 7.78. The zero-order valence-electron chi connectivity index (χ0n) is 20.6. The fourth-order valence-electron chi connectivity index (χ4n) is 6.19. The van der Waals surface area contributed by atoms with Gasteiger partial charge in [-0.15, -0.1) is 0 Å². The molecule has 0 bridgehead atoms. The van der Waals surface area contributed by atoms with Gasteiger partial charge in [0.05, 0.1) is 19.3 Å². The summed E-state index contributed by atoms with van der Waals surface area (Å²) < 4.78 is 12.2. The molecular weight excluding hydrogens is 432 g/mol. The van der Waals surface area contributed by atoms with Crippen molar-refractivity contribution in [2.45, 2.75) is 57.1 Å². The first-order valence-corrected chi connectivity index (χ1v) is 13.1. The Kier molecular flexibility index (Phi) is 6.22. The molecule has 1 atom stereocenters. The number of para-hydroxylation sites is 2. The van der Waals surface area contributed by atoms with Crippen LogP contribution in [0, 0.1) is 0 Å². The maximum atomic E-state index is 6.48. The van der Waals surface area contributed by atoms with Crippen molar-refractivity contribution in [2.24, 2.45) is 0 Å². The van der Waals surface area contributed by atoms with Gasteiger partial charge < -0.3 is 19.8 Å². The van der Waals surface area contributed by atoms with E-state index in [1.807, 2.05) is 0 Å². The molecule has 1 aromatic heterocycles. The summed E-state index contributed by atoms with van der Waals surface area (Å²) in [5.74, 6) is 2.52. The van der Waals surface area contributed by atoms with Gasteiger partial charge in [0.15, 0.2) is 6.04 Å². The monoisotopic (exact) mass is 467 g/mol. The smallest absolute Gasteiger partial charge is 0.153 e. The second-order valence-electron chi connectivity index (χ2n) is 10.0. The number of aromatic amines is 1. The Morgan fingerprint density at radius 2 is 1.74 bits per heavy atom. The number of methoxy groups -OCH3 is 1. The van der Waals surface area contributed by atoms with Crippen molar-refractivity contribution in [3.63, 3.8) is 0 Å². The van der Waals surface area contributed by atoms with Gasteiger partial charge in [-0.25, -0.2) is 0 Å². The van der Waals surface area contributed by atoms with Crippen molar-refractivity contribution < 1.29 is 14.8 Å². The van der Waals surface area contributed by atoms with Crippen molar-refractivity contribution in [2.75, 3.05) is 13.7 Å². The average Bonchev–Trinajstić information content (AvgIpc) is 3.31. The standard InChI is InChI=1S/C31H34N2O2/c1-34-28-16-15-22(30-31-26(17-18-32-30)25-12-5-7-13-27(25)33-31)19-23(28)20-35-29-14-8-6-11-24(29)21-9-3-2-4-10-21/h5-8,11-16,19,21,30,32-33H,2-4,9-10,17-18,20H2,1H3/p+1/t30-/m1/s1. The Balaban J connectivity index is 1.29. The second-order valence-corrected chi connectivity index (χ2v) is 10.0. The highest BCUT2D eigenvalue weighted by Crippen LogP contribution is 2.38. The lowest BCUT2D eigenvalue weighted by atomic mass is 9.84. The predicted molar refractivity (Wildman–Crippen MR) is 140 cm³/mol. The van der Waals surface area contributed by atoms with Gasteiger partial charge in [0.2, 0.25) is 0 Å². The number of H-pyrrole nitrogens is 1. The van der Waals surface area contributed by atoms with E-state index in [2.05, 4.69) is 77.0 Å². The molecule has 180 valence electrons.